The highest BCUT2D eigenvalue weighted by Gasteiger charge is 2.28. The predicted octanol–water partition coefficient (Wildman–Crippen LogP) is 2.01. The fraction of sp³-hybridized carbons (Fsp3) is 0.438. The first-order chi connectivity index (χ1) is 10.3. The molecule has 5 heteroatoms. The quantitative estimate of drug-likeness (QED) is 0.933. The van der Waals surface area contributed by atoms with Crippen LogP contribution in [0.3, 0.4) is 0 Å². The molecule has 110 valence electrons. The molecule has 1 N–H and O–H groups in total. The summed E-state index contributed by atoms with van der Waals surface area (Å²) in [5.41, 5.74) is 2.21. The van der Waals surface area contributed by atoms with Crippen LogP contribution in [0.2, 0.25) is 0 Å². The number of fused-ring (bicyclic) bond motifs is 1. The molecule has 0 bridgehead atoms. The number of hydrogen-bond donors (Lipinski definition) is 1. The molecule has 5 nitrogen and oxygen atoms in total. The monoisotopic (exact) mass is 285 g/mol. The molecule has 0 radical (unpaired) electrons. The minimum absolute atomic E-state index is 0.0583. The summed E-state index contributed by atoms with van der Waals surface area (Å²) in [5.74, 6) is 0.0583. The van der Waals surface area contributed by atoms with Gasteiger partial charge in [-0.25, -0.2) is 0 Å². The number of carbonyl (C=O) groups is 1. The van der Waals surface area contributed by atoms with E-state index in [2.05, 4.69) is 9.97 Å². The first-order valence-corrected chi connectivity index (χ1v) is 7.42. The van der Waals surface area contributed by atoms with Crippen LogP contribution in [0.1, 0.15) is 36.0 Å². The molecular weight excluding hydrogens is 266 g/mol. The SMILES string of the molecule is O=C(c1ccc2nccnc2c1)N1CCCC1CCCO. The summed E-state index contributed by atoms with van der Waals surface area (Å²) < 4.78 is 0. The molecule has 1 aliphatic rings. The highest BCUT2D eigenvalue weighted by Crippen LogP contribution is 2.24. The first-order valence-electron chi connectivity index (χ1n) is 7.42. The Morgan fingerprint density at radius 1 is 1.29 bits per heavy atom. The molecule has 3 rings (SSSR count). The van der Waals surface area contributed by atoms with Crippen molar-refractivity contribution in [3.05, 3.63) is 36.2 Å². The largest absolute Gasteiger partial charge is 0.396 e. The van der Waals surface area contributed by atoms with Gasteiger partial charge < -0.3 is 10.0 Å². The number of likely N-dealkylation sites (tertiary alicyclic amines) is 1. The zero-order valence-corrected chi connectivity index (χ0v) is 11.9. The van der Waals surface area contributed by atoms with E-state index in [9.17, 15) is 4.79 Å². The number of carbonyl (C=O) groups excluding carboxylic acids is 1. The van der Waals surface area contributed by atoms with E-state index in [1.54, 1.807) is 12.4 Å². The lowest BCUT2D eigenvalue weighted by Gasteiger charge is -2.24. The van der Waals surface area contributed by atoms with Gasteiger partial charge in [-0.05, 0) is 43.9 Å². The van der Waals surface area contributed by atoms with E-state index in [4.69, 9.17) is 5.11 Å². The van der Waals surface area contributed by atoms with Crippen molar-refractivity contribution >= 4 is 16.9 Å². The number of aliphatic hydroxyl groups excluding tert-OH is 1. The number of aliphatic hydroxyl groups is 1. The summed E-state index contributed by atoms with van der Waals surface area (Å²) in [4.78, 5) is 23.1. The molecule has 0 saturated carbocycles. The van der Waals surface area contributed by atoms with Crippen LogP contribution in [0.25, 0.3) is 11.0 Å². The molecule has 2 aromatic rings. The van der Waals surface area contributed by atoms with Crippen LogP contribution in [0.15, 0.2) is 30.6 Å². The molecule has 1 atom stereocenters. The van der Waals surface area contributed by atoms with E-state index in [1.165, 1.54) is 0 Å². The topological polar surface area (TPSA) is 66.3 Å². The van der Waals surface area contributed by atoms with E-state index in [-0.39, 0.29) is 18.6 Å². The first kappa shape index (κ1) is 13.9. The van der Waals surface area contributed by atoms with Crippen molar-refractivity contribution in [3.63, 3.8) is 0 Å². The van der Waals surface area contributed by atoms with E-state index in [0.29, 0.717) is 5.56 Å². The Balaban J connectivity index is 1.82. The molecule has 0 spiro atoms. The zero-order chi connectivity index (χ0) is 14.7. The third kappa shape index (κ3) is 2.88. The van der Waals surface area contributed by atoms with Gasteiger partial charge in [0.2, 0.25) is 0 Å². The fourth-order valence-corrected chi connectivity index (χ4v) is 2.99. The number of hydrogen-bond acceptors (Lipinski definition) is 4. The third-order valence-electron chi connectivity index (χ3n) is 4.05. The maximum atomic E-state index is 12.7. The van der Waals surface area contributed by atoms with Gasteiger partial charge in [-0.1, -0.05) is 0 Å². The summed E-state index contributed by atoms with van der Waals surface area (Å²) in [6, 6.07) is 5.73. The number of amides is 1. The standard InChI is InChI=1S/C16H19N3O2/c20-10-2-4-13-3-1-9-19(13)16(21)12-5-6-14-15(11-12)18-8-7-17-14/h5-8,11,13,20H,1-4,9-10H2. The van der Waals surface area contributed by atoms with Crippen molar-refractivity contribution < 1.29 is 9.90 Å². The minimum atomic E-state index is 0.0583. The Hall–Kier alpha value is -2.01. The number of aromatic nitrogens is 2. The molecule has 1 fully saturated rings. The van der Waals surface area contributed by atoms with Crippen molar-refractivity contribution in [2.45, 2.75) is 31.7 Å². The third-order valence-corrected chi connectivity index (χ3v) is 4.05. The van der Waals surface area contributed by atoms with Crippen LogP contribution in [-0.4, -0.2) is 45.1 Å². The highest BCUT2D eigenvalue weighted by atomic mass is 16.3. The van der Waals surface area contributed by atoms with Crippen LogP contribution >= 0.6 is 0 Å². The van der Waals surface area contributed by atoms with Crippen molar-refractivity contribution in [2.24, 2.45) is 0 Å². The lowest BCUT2D eigenvalue weighted by Crippen LogP contribution is -2.35. The Bertz CT molecular complexity index is 644. The van der Waals surface area contributed by atoms with Crippen molar-refractivity contribution in [3.8, 4) is 0 Å². The number of nitrogens with zero attached hydrogens (tertiary/aromatic N) is 3. The lowest BCUT2D eigenvalue weighted by molar-refractivity contribution is 0.0724. The second-order valence-corrected chi connectivity index (χ2v) is 5.42. The maximum Gasteiger partial charge on any atom is 0.254 e. The predicted molar refractivity (Wildman–Crippen MR) is 79.9 cm³/mol. The van der Waals surface area contributed by atoms with E-state index < -0.39 is 0 Å². The van der Waals surface area contributed by atoms with Gasteiger partial charge in [0.05, 0.1) is 11.0 Å². The van der Waals surface area contributed by atoms with Crippen LogP contribution in [0.5, 0.6) is 0 Å². The molecule has 1 unspecified atom stereocenters. The summed E-state index contributed by atoms with van der Waals surface area (Å²) in [5, 5.41) is 8.97. The molecule has 2 heterocycles. The maximum absolute atomic E-state index is 12.7. The number of rotatable bonds is 4. The average Bonchev–Trinajstić information content (AvgIpc) is 3.00. The second kappa shape index (κ2) is 6.18. The van der Waals surface area contributed by atoms with Crippen molar-refractivity contribution in [1.82, 2.24) is 14.9 Å². The van der Waals surface area contributed by atoms with Crippen molar-refractivity contribution in [2.75, 3.05) is 13.2 Å². The molecule has 1 aromatic carbocycles. The van der Waals surface area contributed by atoms with Crippen LogP contribution in [0.4, 0.5) is 0 Å². The Morgan fingerprint density at radius 2 is 2.10 bits per heavy atom. The average molecular weight is 285 g/mol. The van der Waals surface area contributed by atoms with Crippen LogP contribution in [0, 0.1) is 0 Å². The van der Waals surface area contributed by atoms with Crippen molar-refractivity contribution in [1.29, 1.82) is 0 Å². The van der Waals surface area contributed by atoms with Crippen LogP contribution in [-0.2, 0) is 0 Å². The summed E-state index contributed by atoms with van der Waals surface area (Å²) >= 11 is 0. The molecule has 1 aromatic heterocycles. The van der Waals surface area contributed by atoms with Gasteiger partial charge in [-0.2, -0.15) is 0 Å². The van der Waals surface area contributed by atoms with E-state index in [1.807, 2.05) is 23.1 Å². The Kier molecular flexibility index (Phi) is 4.10. The minimum Gasteiger partial charge on any atom is -0.396 e. The summed E-state index contributed by atoms with van der Waals surface area (Å²) in [6.45, 7) is 0.984. The van der Waals surface area contributed by atoms with Gasteiger partial charge in [0.25, 0.3) is 5.91 Å². The zero-order valence-electron chi connectivity index (χ0n) is 11.9. The van der Waals surface area contributed by atoms with Gasteiger partial charge in [-0.3, -0.25) is 14.8 Å². The smallest absolute Gasteiger partial charge is 0.254 e. The highest BCUT2D eigenvalue weighted by molar-refractivity contribution is 5.97. The number of benzene rings is 1. The summed E-state index contributed by atoms with van der Waals surface area (Å²) in [7, 11) is 0. The summed E-state index contributed by atoms with van der Waals surface area (Å²) in [6.07, 6.45) is 6.97. The lowest BCUT2D eigenvalue weighted by atomic mass is 10.1. The fourth-order valence-electron chi connectivity index (χ4n) is 2.99. The van der Waals surface area contributed by atoms with Crippen LogP contribution < -0.4 is 0 Å². The Labute approximate surface area is 123 Å². The molecular formula is C16H19N3O2. The molecule has 21 heavy (non-hydrogen) atoms. The normalized spacial score (nSPS) is 18.3. The van der Waals surface area contributed by atoms with Gasteiger partial charge in [0, 0.05) is 37.2 Å². The van der Waals surface area contributed by atoms with Gasteiger partial charge >= 0.3 is 0 Å². The second-order valence-electron chi connectivity index (χ2n) is 5.42. The van der Waals surface area contributed by atoms with E-state index >= 15 is 0 Å². The molecule has 1 amide bonds. The Morgan fingerprint density at radius 3 is 2.90 bits per heavy atom. The van der Waals surface area contributed by atoms with E-state index in [0.717, 1.165) is 43.3 Å². The van der Waals surface area contributed by atoms with Gasteiger partial charge in [0.1, 0.15) is 0 Å². The molecule has 0 aliphatic carbocycles. The molecule has 1 saturated heterocycles. The van der Waals surface area contributed by atoms with Gasteiger partial charge in [-0.15, -0.1) is 0 Å². The molecule has 1 aliphatic heterocycles. The van der Waals surface area contributed by atoms with Gasteiger partial charge in [0.15, 0.2) is 0 Å².